The highest BCUT2D eigenvalue weighted by molar-refractivity contribution is 6.30. The highest BCUT2D eigenvalue weighted by Crippen LogP contribution is 2.38. The van der Waals surface area contributed by atoms with Crippen molar-refractivity contribution in [2.45, 2.75) is 30.8 Å². The molecule has 1 aliphatic carbocycles. The Bertz CT molecular complexity index is 581. The zero-order valence-electron chi connectivity index (χ0n) is 11.9. The molecule has 110 valence electrons. The van der Waals surface area contributed by atoms with E-state index in [2.05, 4.69) is 29.6 Å². The number of hydrogen-bond donors (Lipinski definition) is 2. The van der Waals surface area contributed by atoms with Crippen LogP contribution in [0.1, 0.15) is 35.9 Å². The number of benzene rings is 2. The fourth-order valence-electron chi connectivity index (χ4n) is 3.01. The highest BCUT2D eigenvalue weighted by Gasteiger charge is 2.31. The van der Waals surface area contributed by atoms with Gasteiger partial charge in [0.15, 0.2) is 0 Å². The molecule has 0 aromatic heterocycles. The summed E-state index contributed by atoms with van der Waals surface area (Å²) in [4.78, 5) is 0. The van der Waals surface area contributed by atoms with Gasteiger partial charge in [0.25, 0.3) is 0 Å². The van der Waals surface area contributed by atoms with Crippen LogP contribution in [-0.4, -0.2) is 17.8 Å². The molecule has 0 amide bonds. The average molecular weight is 302 g/mol. The number of nitrogens with one attached hydrogen (secondary N) is 1. The van der Waals surface area contributed by atoms with Gasteiger partial charge in [0.05, 0.1) is 12.6 Å². The van der Waals surface area contributed by atoms with E-state index in [0.29, 0.717) is 12.0 Å². The molecular weight excluding hydrogens is 282 g/mol. The minimum atomic E-state index is 0.0245. The summed E-state index contributed by atoms with van der Waals surface area (Å²) in [6.07, 6.45) is 2.20. The van der Waals surface area contributed by atoms with E-state index in [1.54, 1.807) is 0 Å². The fourth-order valence-corrected chi connectivity index (χ4v) is 3.21. The van der Waals surface area contributed by atoms with E-state index in [1.807, 2.05) is 30.3 Å². The van der Waals surface area contributed by atoms with Crippen LogP contribution in [0, 0.1) is 0 Å². The van der Waals surface area contributed by atoms with Crippen LogP contribution < -0.4 is 5.32 Å². The van der Waals surface area contributed by atoms with E-state index in [0.717, 1.165) is 23.4 Å². The van der Waals surface area contributed by atoms with Crippen molar-refractivity contribution in [2.24, 2.45) is 0 Å². The van der Waals surface area contributed by atoms with Gasteiger partial charge in [-0.15, -0.1) is 0 Å². The van der Waals surface area contributed by atoms with Gasteiger partial charge in [0.2, 0.25) is 0 Å². The summed E-state index contributed by atoms with van der Waals surface area (Å²) in [5.41, 5.74) is 2.46. The van der Waals surface area contributed by atoms with E-state index < -0.39 is 0 Å². The number of aliphatic hydroxyl groups excluding tert-OH is 1. The van der Waals surface area contributed by atoms with Crippen molar-refractivity contribution in [2.75, 3.05) is 6.61 Å². The van der Waals surface area contributed by atoms with Gasteiger partial charge in [-0.25, -0.2) is 0 Å². The van der Waals surface area contributed by atoms with Gasteiger partial charge in [0, 0.05) is 11.1 Å². The molecule has 1 atom stereocenters. The first kappa shape index (κ1) is 14.6. The topological polar surface area (TPSA) is 32.3 Å². The van der Waals surface area contributed by atoms with E-state index >= 15 is 0 Å². The van der Waals surface area contributed by atoms with Crippen LogP contribution in [0.4, 0.5) is 0 Å². The molecule has 0 aliphatic heterocycles. The maximum absolute atomic E-state index is 9.59. The van der Waals surface area contributed by atoms with Gasteiger partial charge < -0.3 is 10.4 Å². The molecule has 0 bridgehead atoms. The molecule has 0 spiro atoms. The molecule has 1 fully saturated rings. The van der Waals surface area contributed by atoms with Crippen LogP contribution in [0.15, 0.2) is 54.6 Å². The number of hydrogen-bond acceptors (Lipinski definition) is 2. The Labute approximate surface area is 130 Å². The molecule has 0 radical (unpaired) electrons. The Morgan fingerprint density at radius 3 is 2.52 bits per heavy atom. The van der Waals surface area contributed by atoms with Crippen LogP contribution in [-0.2, 0) is 0 Å². The van der Waals surface area contributed by atoms with Crippen molar-refractivity contribution in [1.82, 2.24) is 5.32 Å². The summed E-state index contributed by atoms with van der Waals surface area (Å²) >= 11 is 6.04. The average Bonchev–Trinajstić information content (AvgIpc) is 2.47. The van der Waals surface area contributed by atoms with Crippen molar-refractivity contribution in [3.63, 3.8) is 0 Å². The normalized spacial score (nSPS) is 22.6. The number of aliphatic hydroxyl groups is 1. The Morgan fingerprint density at radius 1 is 1.10 bits per heavy atom. The molecule has 2 aromatic carbocycles. The largest absolute Gasteiger partial charge is 0.394 e. The van der Waals surface area contributed by atoms with Crippen LogP contribution in [0.25, 0.3) is 0 Å². The molecule has 1 aliphatic rings. The second-order valence-corrected chi connectivity index (χ2v) is 6.17. The van der Waals surface area contributed by atoms with Gasteiger partial charge in [-0.05, 0) is 42.0 Å². The molecule has 21 heavy (non-hydrogen) atoms. The molecule has 2 nitrogen and oxygen atoms in total. The molecule has 1 saturated carbocycles. The van der Waals surface area contributed by atoms with E-state index in [9.17, 15) is 5.11 Å². The molecule has 2 aromatic rings. The smallest absolute Gasteiger partial charge is 0.0626 e. The maximum Gasteiger partial charge on any atom is 0.0626 e. The lowest BCUT2D eigenvalue weighted by Gasteiger charge is -2.38. The van der Waals surface area contributed by atoms with Crippen molar-refractivity contribution in [3.05, 3.63) is 70.7 Å². The van der Waals surface area contributed by atoms with Crippen molar-refractivity contribution in [1.29, 1.82) is 0 Å². The third kappa shape index (κ3) is 3.46. The second-order valence-electron chi connectivity index (χ2n) is 5.73. The Hall–Kier alpha value is -1.35. The molecule has 0 unspecified atom stereocenters. The first-order valence-electron chi connectivity index (χ1n) is 7.43. The Balaban J connectivity index is 1.57. The van der Waals surface area contributed by atoms with Gasteiger partial charge in [-0.1, -0.05) is 54.1 Å². The number of halogens is 1. The lowest BCUT2D eigenvalue weighted by atomic mass is 9.75. The summed E-state index contributed by atoms with van der Waals surface area (Å²) in [5.74, 6) is 0.580. The van der Waals surface area contributed by atoms with Gasteiger partial charge in [-0.2, -0.15) is 0 Å². The first-order valence-corrected chi connectivity index (χ1v) is 7.81. The predicted molar refractivity (Wildman–Crippen MR) is 86.6 cm³/mol. The summed E-state index contributed by atoms with van der Waals surface area (Å²) in [6.45, 7) is 0.127. The third-order valence-electron chi connectivity index (χ3n) is 4.28. The number of rotatable bonds is 5. The van der Waals surface area contributed by atoms with Gasteiger partial charge in [-0.3, -0.25) is 0 Å². The Kier molecular flexibility index (Phi) is 4.59. The summed E-state index contributed by atoms with van der Waals surface area (Å²) < 4.78 is 0. The van der Waals surface area contributed by atoms with Gasteiger partial charge in [0.1, 0.15) is 0 Å². The lowest BCUT2D eigenvalue weighted by molar-refractivity contribution is 0.197. The highest BCUT2D eigenvalue weighted by atomic mass is 35.5. The van der Waals surface area contributed by atoms with Crippen molar-refractivity contribution >= 4 is 11.6 Å². The zero-order valence-corrected chi connectivity index (χ0v) is 12.6. The summed E-state index contributed by atoms with van der Waals surface area (Å²) in [7, 11) is 0. The third-order valence-corrected chi connectivity index (χ3v) is 4.51. The summed E-state index contributed by atoms with van der Waals surface area (Å²) in [6, 6.07) is 18.7. The molecule has 3 heteroatoms. The maximum atomic E-state index is 9.59. The molecule has 0 heterocycles. The minimum Gasteiger partial charge on any atom is -0.394 e. The van der Waals surface area contributed by atoms with Crippen molar-refractivity contribution < 1.29 is 5.11 Å². The fraction of sp³-hybridized carbons (Fsp3) is 0.333. The first-order chi connectivity index (χ1) is 10.3. The quantitative estimate of drug-likeness (QED) is 0.877. The molecular formula is C18H20ClNO. The SMILES string of the molecule is OC[C@@H](NC1CC(c2cccc(Cl)c2)C1)c1ccccc1. The van der Waals surface area contributed by atoms with Crippen LogP contribution in [0.5, 0.6) is 0 Å². The molecule has 3 rings (SSSR count). The van der Waals surface area contributed by atoms with E-state index in [-0.39, 0.29) is 12.6 Å². The zero-order chi connectivity index (χ0) is 14.7. The van der Waals surface area contributed by atoms with Gasteiger partial charge >= 0.3 is 0 Å². The van der Waals surface area contributed by atoms with E-state index in [1.165, 1.54) is 5.56 Å². The van der Waals surface area contributed by atoms with Crippen LogP contribution in [0.2, 0.25) is 5.02 Å². The summed E-state index contributed by atoms with van der Waals surface area (Å²) in [5, 5.41) is 13.9. The monoisotopic (exact) mass is 301 g/mol. The standard InChI is InChI=1S/C18H20ClNO/c19-16-8-4-7-14(9-16)15-10-17(11-15)20-18(12-21)13-5-2-1-3-6-13/h1-9,15,17-18,20-21H,10-12H2/t15?,17?,18-/m1/s1. The van der Waals surface area contributed by atoms with Crippen LogP contribution >= 0.6 is 11.6 Å². The second kappa shape index (κ2) is 6.61. The molecule has 2 N–H and O–H groups in total. The van der Waals surface area contributed by atoms with Crippen LogP contribution in [0.3, 0.4) is 0 Å². The minimum absolute atomic E-state index is 0.0245. The lowest BCUT2D eigenvalue weighted by Crippen LogP contribution is -2.43. The van der Waals surface area contributed by atoms with E-state index in [4.69, 9.17) is 11.6 Å². The molecule has 0 saturated heterocycles. The predicted octanol–water partition coefficient (Wildman–Crippen LogP) is 3.91. The Morgan fingerprint density at radius 2 is 1.86 bits per heavy atom. The van der Waals surface area contributed by atoms with Crippen molar-refractivity contribution in [3.8, 4) is 0 Å².